The van der Waals surface area contributed by atoms with Gasteiger partial charge in [-0.1, -0.05) is 0 Å². The van der Waals surface area contributed by atoms with Gasteiger partial charge in [0, 0.05) is 12.5 Å². The minimum absolute atomic E-state index is 0.205. The highest BCUT2D eigenvalue weighted by atomic mass is 32.1. The molecule has 0 aliphatic heterocycles. The number of nitrogens with one attached hydrogen (secondary N) is 1. The molecule has 6 heteroatoms. The van der Waals surface area contributed by atoms with Gasteiger partial charge in [0.15, 0.2) is 4.77 Å². The van der Waals surface area contributed by atoms with Crippen LogP contribution in [0, 0.1) is 4.77 Å². The van der Waals surface area contributed by atoms with E-state index in [0.717, 1.165) is 18.6 Å². The molecule has 2 rings (SSSR count). The van der Waals surface area contributed by atoms with Gasteiger partial charge in [-0.15, -0.1) is 5.10 Å². The Kier molecular flexibility index (Phi) is 3.09. The smallest absolute Gasteiger partial charge is 0.220 e. The quantitative estimate of drug-likeness (QED) is 0.802. The van der Waals surface area contributed by atoms with E-state index in [9.17, 15) is 0 Å². The molecule has 0 amide bonds. The van der Waals surface area contributed by atoms with E-state index in [2.05, 4.69) is 17.1 Å². The number of H-pyrrole nitrogens is 1. The molecule has 0 spiro atoms. The number of anilines is 1. The first-order valence-electron chi connectivity index (χ1n) is 5.13. The van der Waals surface area contributed by atoms with Crippen molar-refractivity contribution in [1.29, 1.82) is 0 Å². The normalized spacial score (nSPS) is 12.8. The zero-order valence-corrected chi connectivity index (χ0v) is 9.83. The summed E-state index contributed by atoms with van der Waals surface area (Å²) in [6.07, 6.45) is 3.45. The molecular formula is C10H14N4OS. The van der Waals surface area contributed by atoms with Gasteiger partial charge >= 0.3 is 0 Å². The van der Waals surface area contributed by atoms with Gasteiger partial charge in [-0.05, 0) is 37.7 Å². The summed E-state index contributed by atoms with van der Waals surface area (Å²) < 4.78 is 7.65. The molecule has 2 aromatic rings. The van der Waals surface area contributed by atoms with Gasteiger partial charge < -0.3 is 10.2 Å². The lowest BCUT2D eigenvalue weighted by atomic mass is 10.1. The monoisotopic (exact) mass is 238 g/mol. The van der Waals surface area contributed by atoms with Gasteiger partial charge in [-0.3, -0.25) is 4.57 Å². The van der Waals surface area contributed by atoms with E-state index in [1.54, 1.807) is 6.26 Å². The van der Waals surface area contributed by atoms with Crippen molar-refractivity contribution in [1.82, 2.24) is 14.8 Å². The molecule has 5 nitrogen and oxygen atoms in total. The van der Waals surface area contributed by atoms with E-state index in [4.69, 9.17) is 22.4 Å². The molecule has 3 N–H and O–H groups in total. The molecule has 0 bridgehead atoms. The van der Waals surface area contributed by atoms with Crippen LogP contribution in [0.1, 0.15) is 25.1 Å². The Morgan fingerprint density at radius 2 is 2.50 bits per heavy atom. The molecule has 86 valence electrons. The molecular weight excluding hydrogens is 224 g/mol. The number of hydrogen-bond acceptors (Lipinski definition) is 4. The fraction of sp³-hybridized carbons (Fsp3) is 0.400. The molecule has 1 atom stereocenters. The second kappa shape index (κ2) is 4.52. The second-order valence-corrected chi connectivity index (χ2v) is 4.11. The van der Waals surface area contributed by atoms with Crippen molar-refractivity contribution in [3.05, 3.63) is 28.9 Å². The summed E-state index contributed by atoms with van der Waals surface area (Å²) in [4.78, 5) is 0. The van der Waals surface area contributed by atoms with E-state index >= 15 is 0 Å². The van der Waals surface area contributed by atoms with Crippen molar-refractivity contribution >= 4 is 18.2 Å². The van der Waals surface area contributed by atoms with Gasteiger partial charge in [-0.2, -0.15) is 0 Å². The number of aromatic amines is 1. The highest BCUT2D eigenvalue weighted by Gasteiger charge is 2.11. The van der Waals surface area contributed by atoms with Crippen LogP contribution in [0.2, 0.25) is 0 Å². The van der Waals surface area contributed by atoms with Crippen LogP contribution < -0.4 is 5.73 Å². The van der Waals surface area contributed by atoms with Gasteiger partial charge in [0.05, 0.1) is 6.26 Å². The van der Waals surface area contributed by atoms with Crippen LogP contribution in [-0.4, -0.2) is 14.8 Å². The average molecular weight is 238 g/mol. The first-order valence-corrected chi connectivity index (χ1v) is 5.54. The summed E-state index contributed by atoms with van der Waals surface area (Å²) in [5, 5.41) is 6.56. The Labute approximate surface area is 98.3 Å². The summed E-state index contributed by atoms with van der Waals surface area (Å²) in [6.45, 7) is 2.06. The molecule has 0 fully saturated rings. The lowest BCUT2D eigenvalue weighted by Crippen LogP contribution is -2.10. The van der Waals surface area contributed by atoms with Crippen LogP contribution in [0.5, 0.6) is 0 Å². The summed E-state index contributed by atoms with van der Waals surface area (Å²) in [7, 11) is 0. The summed E-state index contributed by atoms with van der Waals surface area (Å²) in [5.74, 6) is 1.40. The lowest BCUT2D eigenvalue weighted by molar-refractivity contribution is 0.452. The van der Waals surface area contributed by atoms with Crippen LogP contribution in [0.15, 0.2) is 22.8 Å². The Hall–Kier alpha value is -1.56. The third kappa shape index (κ3) is 2.16. The molecule has 16 heavy (non-hydrogen) atoms. The maximum Gasteiger partial charge on any atom is 0.220 e. The number of nitrogens with two attached hydrogens (primary N) is 1. The van der Waals surface area contributed by atoms with E-state index in [1.165, 1.54) is 0 Å². The SMILES string of the molecule is CC(CCc1ccco1)n1c(N)n[nH]c1=S. The number of aryl methyl sites for hydroxylation is 1. The molecule has 2 aromatic heterocycles. The zero-order valence-electron chi connectivity index (χ0n) is 9.01. The molecule has 0 saturated heterocycles. The van der Waals surface area contributed by atoms with E-state index in [-0.39, 0.29) is 6.04 Å². The van der Waals surface area contributed by atoms with Crippen molar-refractivity contribution in [2.75, 3.05) is 5.73 Å². The third-order valence-electron chi connectivity index (χ3n) is 2.56. The first-order chi connectivity index (χ1) is 7.68. The minimum atomic E-state index is 0.205. The number of nitrogens with zero attached hydrogens (tertiary/aromatic N) is 2. The number of nitrogen functional groups attached to an aromatic ring is 1. The second-order valence-electron chi connectivity index (χ2n) is 3.72. The lowest BCUT2D eigenvalue weighted by Gasteiger charge is -2.12. The van der Waals surface area contributed by atoms with Crippen LogP contribution in [0.25, 0.3) is 0 Å². The largest absolute Gasteiger partial charge is 0.469 e. The van der Waals surface area contributed by atoms with Gasteiger partial charge in [0.25, 0.3) is 0 Å². The van der Waals surface area contributed by atoms with Crippen LogP contribution in [0.4, 0.5) is 5.95 Å². The topological polar surface area (TPSA) is 72.8 Å². The molecule has 1 unspecified atom stereocenters. The predicted molar refractivity (Wildman–Crippen MR) is 63.6 cm³/mol. The van der Waals surface area contributed by atoms with E-state index in [1.807, 2.05) is 16.7 Å². The molecule has 0 aliphatic rings. The zero-order chi connectivity index (χ0) is 11.5. The molecule has 0 aliphatic carbocycles. The molecule has 0 radical (unpaired) electrons. The van der Waals surface area contributed by atoms with Gasteiger partial charge in [0.1, 0.15) is 5.76 Å². The van der Waals surface area contributed by atoms with Crippen LogP contribution in [-0.2, 0) is 6.42 Å². The van der Waals surface area contributed by atoms with Crippen molar-refractivity contribution in [2.24, 2.45) is 0 Å². The standard InChI is InChI=1S/C10H14N4OS/c1-7(4-5-8-3-2-6-15-8)14-9(11)12-13-10(14)16/h2-3,6-7H,4-5H2,1H3,(H2,11,12)(H,13,16). The predicted octanol–water partition coefficient (Wildman–Crippen LogP) is 2.31. The number of aromatic nitrogens is 3. The van der Waals surface area contributed by atoms with Crippen molar-refractivity contribution in [2.45, 2.75) is 25.8 Å². The maximum atomic E-state index is 5.72. The Bertz CT molecular complexity index is 499. The number of furan rings is 1. The fourth-order valence-electron chi connectivity index (χ4n) is 1.68. The van der Waals surface area contributed by atoms with Crippen molar-refractivity contribution < 1.29 is 4.42 Å². The Morgan fingerprint density at radius 3 is 3.06 bits per heavy atom. The Balaban J connectivity index is 2.03. The van der Waals surface area contributed by atoms with Gasteiger partial charge in [-0.25, -0.2) is 5.10 Å². The maximum absolute atomic E-state index is 5.72. The molecule has 0 saturated carbocycles. The first kappa shape index (κ1) is 10.9. The van der Waals surface area contributed by atoms with Crippen LogP contribution >= 0.6 is 12.2 Å². The van der Waals surface area contributed by atoms with Crippen molar-refractivity contribution in [3.8, 4) is 0 Å². The van der Waals surface area contributed by atoms with Crippen molar-refractivity contribution in [3.63, 3.8) is 0 Å². The summed E-state index contributed by atoms with van der Waals surface area (Å²) in [6, 6.07) is 4.05. The van der Waals surface area contributed by atoms with Gasteiger partial charge in [0.2, 0.25) is 5.95 Å². The summed E-state index contributed by atoms with van der Waals surface area (Å²) in [5.41, 5.74) is 5.72. The van der Waals surface area contributed by atoms with Crippen LogP contribution in [0.3, 0.4) is 0 Å². The highest BCUT2D eigenvalue weighted by molar-refractivity contribution is 7.71. The summed E-state index contributed by atoms with van der Waals surface area (Å²) >= 11 is 5.10. The molecule has 2 heterocycles. The minimum Gasteiger partial charge on any atom is -0.469 e. The fourth-order valence-corrected chi connectivity index (χ4v) is 2.00. The van der Waals surface area contributed by atoms with E-state index < -0.39 is 0 Å². The highest BCUT2D eigenvalue weighted by Crippen LogP contribution is 2.17. The molecule has 0 aromatic carbocycles. The average Bonchev–Trinajstić information content (AvgIpc) is 2.86. The Morgan fingerprint density at radius 1 is 1.69 bits per heavy atom. The van der Waals surface area contributed by atoms with E-state index in [0.29, 0.717) is 10.7 Å². The third-order valence-corrected chi connectivity index (χ3v) is 2.85. The number of rotatable bonds is 4. The number of hydrogen-bond donors (Lipinski definition) is 2.